The number of anilines is 2. The summed E-state index contributed by atoms with van der Waals surface area (Å²) in [7, 11) is -2.30. The molecule has 0 bridgehead atoms. The maximum absolute atomic E-state index is 12.2. The van der Waals surface area contributed by atoms with Crippen LogP contribution in [0.15, 0.2) is 53.9 Å². The Morgan fingerprint density at radius 3 is 2.46 bits per heavy atom. The number of benzene rings is 2. The first-order valence-corrected chi connectivity index (χ1v) is 8.66. The molecule has 0 atom stereocenters. The van der Waals surface area contributed by atoms with Crippen molar-refractivity contribution in [2.24, 2.45) is 0 Å². The summed E-state index contributed by atoms with van der Waals surface area (Å²) in [5, 5.41) is 3.67. The van der Waals surface area contributed by atoms with Crippen LogP contribution < -0.4 is 14.8 Å². The Kier molecular flexibility index (Phi) is 5.59. The van der Waals surface area contributed by atoms with Crippen molar-refractivity contribution in [3.05, 3.63) is 59.5 Å². The van der Waals surface area contributed by atoms with E-state index in [9.17, 15) is 13.2 Å². The van der Waals surface area contributed by atoms with Crippen LogP contribution in [0, 0.1) is 0 Å². The molecule has 0 saturated carbocycles. The van der Waals surface area contributed by atoms with Crippen LogP contribution in [0.25, 0.3) is 6.08 Å². The first-order valence-electron chi connectivity index (χ1n) is 7.11. The van der Waals surface area contributed by atoms with Crippen LogP contribution in [0.1, 0.15) is 12.5 Å². The van der Waals surface area contributed by atoms with Crippen LogP contribution in [-0.4, -0.2) is 21.4 Å². The lowest BCUT2D eigenvalue weighted by molar-refractivity contribution is -0.114. The Hall–Kier alpha value is -2.80. The van der Waals surface area contributed by atoms with E-state index in [1.807, 2.05) is 18.2 Å². The van der Waals surface area contributed by atoms with E-state index in [0.717, 1.165) is 11.0 Å². The molecule has 2 aromatic rings. The molecular weight excluding hydrogens is 328 g/mol. The molecule has 0 aliphatic heterocycles. The molecule has 0 spiro atoms. The van der Waals surface area contributed by atoms with E-state index >= 15 is 0 Å². The third-order valence-electron chi connectivity index (χ3n) is 3.01. The monoisotopic (exact) mass is 346 g/mol. The predicted molar refractivity (Wildman–Crippen MR) is 95.3 cm³/mol. The zero-order chi connectivity index (χ0) is 17.6. The predicted octanol–water partition coefficient (Wildman–Crippen LogP) is 3.07. The van der Waals surface area contributed by atoms with Crippen molar-refractivity contribution in [3.63, 3.8) is 0 Å². The molecule has 2 rings (SSSR count). The number of methoxy groups -OCH3 is 1. The van der Waals surface area contributed by atoms with Gasteiger partial charge in [-0.05, 0) is 29.8 Å². The second kappa shape index (κ2) is 7.65. The molecule has 7 heteroatoms. The van der Waals surface area contributed by atoms with Crippen molar-refractivity contribution in [2.45, 2.75) is 6.92 Å². The van der Waals surface area contributed by atoms with E-state index in [4.69, 9.17) is 4.74 Å². The smallest absolute Gasteiger partial charge is 0.255 e. The summed E-state index contributed by atoms with van der Waals surface area (Å²) in [6.07, 6.45) is 1.49. The van der Waals surface area contributed by atoms with Gasteiger partial charge in [-0.25, -0.2) is 8.42 Å². The van der Waals surface area contributed by atoms with E-state index < -0.39 is 10.0 Å². The van der Waals surface area contributed by atoms with Gasteiger partial charge in [0.1, 0.15) is 5.75 Å². The Bertz CT molecular complexity index is 846. The van der Waals surface area contributed by atoms with Gasteiger partial charge in [0.25, 0.3) is 10.0 Å². The first kappa shape index (κ1) is 17.6. The molecule has 0 unspecified atom stereocenters. The topological polar surface area (TPSA) is 84.5 Å². The highest BCUT2D eigenvalue weighted by molar-refractivity contribution is 7.95. The summed E-state index contributed by atoms with van der Waals surface area (Å²) < 4.78 is 32.0. The number of nitrogens with one attached hydrogen (secondary N) is 2. The molecule has 0 aromatic heterocycles. The molecule has 0 heterocycles. The molecule has 2 aromatic carbocycles. The standard InChI is InChI=1S/C17H18N2O4S/c1-13(20)18-15-8-9-17(23-2)16(12-15)19-24(21,22)11-10-14-6-4-3-5-7-14/h3-12,19H,1-2H3,(H,18,20)/b11-10+. The van der Waals surface area contributed by atoms with Crippen molar-refractivity contribution >= 4 is 33.4 Å². The molecule has 0 aliphatic carbocycles. The Labute approximate surface area is 141 Å². The van der Waals surface area contributed by atoms with Gasteiger partial charge in [0.05, 0.1) is 18.2 Å². The second-order valence-electron chi connectivity index (χ2n) is 4.96. The molecule has 0 fully saturated rings. The lowest BCUT2D eigenvalue weighted by atomic mass is 10.2. The van der Waals surface area contributed by atoms with E-state index in [0.29, 0.717) is 11.4 Å². The minimum atomic E-state index is -3.73. The first-order chi connectivity index (χ1) is 11.4. The molecule has 0 saturated heterocycles. The molecule has 1 amide bonds. The fourth-order valence-electron chi connectivity index (χ4n) is 1.99. The highest BCUT2D eigenvalue weighted by atomic mass is 32.2. The Morgan fingerprint density at radius 1 is 1.12 bits per heavy atom. The number of carbonyl (C=O) groups excluding carboxylic acids is 1. The molecular formula is C17H18N2O4S. The largest absolute Gasteiger partial charge is 0.495 e. The average molecular weight is 346 g/mol. The minimum absolute atomic E-state index is 0.237. The van der Waals surface area contributed by atoms with Gasteiger partial charge in [-0.3, -0.25) is 9.52 Å². The highest BCUT2D eigenvalue weighted by Crippen LogP contribution is 2.29. The quantitative estimate of drug-likeness (QED) is 0.842. The summed E-state index contributed by atoms with van der Waals surface area (Å²) >= 11 is 0. The Morgan fingerprint density at radius 2 is 1.83 bits per heavy atom. The van der Waals surface area contributed by atoms with Crippen molar-refractivity contribution < 1.29 is 17.9 Å². The third kappa shape index (κ3) is 5.13. The molecule has 0 aliphatic rings. The minimum Gasteiger partial charge on any atom is -0.495 e. The Balaban J connectivity index is 2.24. The van der Waals surface area contributed by atoms with E-state index in [1.54, 1.807) is 24.3 Å². The van der Waals surface area contributed by atoms with Gasteiger partial charge in [0, 0.05) is 12.6 Å². The second-order valence-corrected chi connectivity index (χ2v) is 6.52. The third-order valence-corrected chi connectivity index (χ3v) is 4.01. The molecule has 24 heavy (non-hydrogen) atoms. The highest BCUT2D eigenvalue weighted by Gasteiger charge is 2.12. The van der Waals surface area contributed by atoms with Gasteiger partial charge in [0.15, 0.2) is 0 Å². The van der Waals surface area contributed by atoms with Crippen LogP contribution in [0.3, 0.4) is 0 Å². The number of carbonyl (C=O) groups is 1. The summed E-state index contributed by atoms with van der Waals surface area (Å²) in [4.78, 5) is 11.1. The van der Waals surface area contributed by atoms with Crippen LogP contribution in [0.2, 0.25) is 0 Å². The van der Waals surface area contributed by atoms with Gasteiger partial charge in [-0.1, -0.05) is 30.3 Å². The van der Waals surface area contributed by atoms with Crippen molar-refractivity contribution in [1.29, 1.82) is 0 Å². The van der Waals surface area contributed by atoms with Gasteiger partial charge >= 0.3 is 0 Å². The normalized spacial score (nSPS) is 11.2. The molecule has 126 valence electrons. The summed E-state index contributed by atoms with van der Waals surface area (Å²) in [6, 6.07) is 13.8. The summed E-state index contributed by atoms with van der Waals surface area (Å²) in [5.41, 5.74) is 1.47. The number of ether oxygens (including phenoxy) is 1. The number of sulfonamides is 1. The molecule has 0 radical (unpaired) electrons. The van der Waals surface area contributed by atoms with Crippen LogP contribution in [0.5, 0.6) is 5.75 Å². The van der Waals surface area contributed by atoms with Crippen molar-refractivity contribution in [3.8, 4) is 5.75 Å². The van der Waals surface area contributed by atoms with Crippen LogP contribution in [-0.2, 0) is 14.8 Å². The SMILES string of the molecule is COc1ccc(NC(C)=O)cc1NS(=O)(=O)/C=C/c1ccccc1. The van der Waals surface area contributed by atoms with Gasteiger partial charge in [0.2, 0.25) is 5.91 Å². The van der Waals surface area contributed by atoms with E-state index in [1.165, 1.54) is 26.2 Å². The molecule has 2 N–H and O–H groups in total. The molecule has 6 nitrogen and oxygen atoms in total. The number of hydrogen-bond donors (Lipinski definition) is 2. The van der Waals surface area contributed by atoms with Crippen LogP contribution >= 0.6 is 0 Å². The summed E-state index contributed by atoms with van der Waals surface area (Å²) in [5.74, 6) is 0.0961. The number of hydrogen-bond acceptors (Lipinski definition) is 4. The van der Waals surface area contributed by atoms with E-state index in [-0.39, 0.29) is 11.6 Å². The van der Waals surface area contributed by atoms with Crippen LogP contribution in [0.4, 0.5) is 11.4 Å². The zero-order valence-electron chi connectivity index (χ0n) is 13.3. The maximum atomic E-state index is 12.2. The van der Waals surface area contributed by atoms with Crippen molar-refractivity contribution in [1.82, 2.24) is 0 Å². The fourth-order valence-corrected chi connectivity index (χ4v) is 2.86. The maximum Gasteiger partial charge on any atom is 0.255 e. The number of rotatable bonds is 6. The van der Waals surface area contributed by atoms with Gasteiger partial charge in [-0.2, -0.15) is 0 Å². The lowest BCUT2D eigenvalue weighted by Gasteiger charge is -2.12. The fraction of sp³-hybridized carbons (Fsp3) is 0.118. The number of amides is 1. The lowest BCUT2D eigenvalue weighted by Crippen LogP contribution is -2.11. The van der Waals surface area contributed by atoms with Crippen molar-refractivity contribution in [2.75, 3.05) is 17.1 Å². The zero-order valence-corrected chi connectivity index (χ0v) is 14.1. The summed E-state index contributed by atoms with van der Waals surface area (Å²) in [6.45, 7) is 1.37. The average Bonchev–Trinajstić information content (AvgIpc) is 2.53. The van der Waals surface area contributed by atoms with Gasteiger partial charge in [-0.15, -0.1) is 0 Å². The van der Waals surface area contributed by atoms with E-state index in [2.05, 4.69) is 10.0 Å². The van der Waals surface area contributed by atoms with Gasteiger partial charge < -0.3 is 10.1 Å².